The molecule has 1 N–H and O–H groups in total. The molecule has 2 heterocycles. The molecule has 7 heteroatoms. The first-order chi connectivity index (χ1) is 15.1. The average Bonchev–Trinajstić information content (AvgIpc) is 2.81. The van der Waals surface area contributed by atoms with Gasteiger partial charge in [-0.25, -0.2) is 0 Å². The minimum atomic E-state index is -0.0523. The number of anilines is 1. The first-order valence-corrected chi connectivity index (χ1v) is 11.6. The van der Waals surface area contributed by atoms with Crippen LogP contribution in [0.4, 0.5) is 5.69 Å². The Morgan fingerprint density at radius 1 is 0.968 bits per heavy atom. The van der Waals surface area contributed by atoms with E-state index in [1.54, 1.807) is 11.0 Å². The minimum absolute atomic E-state index is 0.00511. The summed E-state index contributed by atoms with van der Waals surface area (Å²) in [7, 11) is 0. The lowest BCUT2D eigenvalue weighted by molar-refractivity contribution is -0.121. The van der Waals surface area contributed by atoms with Crippen LogP contribution >= 0.6 is 15.9 Å². The summed E-state index contributed by atoms with van der Waals surface area (Å²) in [5.74, 6) is -0.0817. The number of amides is 2. The van der Waals surface area contributed by atoms with Gasteiger partial charge in [0.05, 0.1) is 24.5 Å². The Bertz CT molecular complexity index is 905. The van der Waals surface area contributed by atoms with Gasteiger partial charge in [-0.05, 0) is 55.8 Å². The van der Waals surface area contributed by atoms with Crippen LogP contribution in [-0.2, 0) is 16.1 Å². The van der Waals surface area contributed by atoms with E-state index in [2.05, 4.69) is 50.4 Å². The molecule has 0 aliphatic carbocycles. The second-order valence-electron chi connectivity index (χ2n) is 8.12. The fraction of sp³-hybridized carbons (Fsp3) is 0.417. The summed E-state index contributed by atoms with van der Waals surface area (Å²) in [6.07, 6.45) is 1.64. The van der Waals surface area contributed by atoms with Crippen LogP contribution in [0.5, 0.6) is 0 Å². The third kappa shape index (κ3) is 5.73. The third-order valence-electron chi connectivity index (χ3n) is 5.99. The van der Waals surface area contributed by atoms with Crippen molar-refractivity contribution in [2.75, 3.05) is 44.7 Å². The molecule has 0 bridgehead atoms. The van der Waals surface area contributed by atoms with Gasteiger partial charge >= 0.3 is 0 Å². The van der Waals surface area contributed by atoms with Gasteiger partial charge < -0.3 is 15.0 Å². The lowest BCUT2D eigenvalue weighted by Gasteiger charge is -2.31. The summed E-state index contributed by atoms with van der Waals surface area (Å²) in [5, 5.41) is 3.03. The SMILES string of the molecule is O=C(Nc1ccccc1C(=O)N1CCOCC1)C1CCN(Cc2ccc(Br)cc2)CC1. The van der Waals surface area contributed by atoms with Gasteiger partial charge in [-0.3, -0.25) is 14.5 Å². The lowest BCUT2D eigenvalue weighted by atomic mass is 9.95. The maximum atomic E-state index is 12.9. The molecular weight excluding hydrogens is 458 g/mol. The molecule has 2 aliphatic rings. The van der Waals surface area contributed by atoms with Gasteiger partial charge in [0.25, 0.3) is 5.91 Å². The third-order valence-corrected chi connectivity index (χ3v) is 6.52. The summed E-state index contributed by atoms with van der Waals surface area (Å²) in [4.78, 5) is 30.0. The molecule has 2 aliphatic heterocycles. The molecule has 0 radical (unpaired) electrons. The highest BCUT2D eigenvalue weighted by Crippen LogP contribution is 2.24. The van der Waals surface area contributed by atoms with Crippen LogP contribution in [0.2, 0.25) is 0 Å². The molecule has 2 fully saturated rings. The first-order valence-electron chi connectivity index (χ1n) is 10.8. The predicted molar refractivity (Wildman–Crippen MR) is 124 cm³/mol. The zero-order valence-corrected chi connectivity index (χ0v) is 19.1. The van der Waals surface area contributed by atoms with E-state index >= 15 is 0 Å². The fourth-order valence-corrected chi connectivity index (χ4v) is 4.42. The molecule has 4 rings (SSSR count). The number of morpholine rings is 1. The molecule has 0 spiro atoms. The number of para-hydroxylation sites is 1. The van der Waals surface area contributed by atoms with Gasteiger partial charge in [-0.2, -0.15) is 0 Å². The van der Waals surface area contributed by atoms with Crippen molar-refractivity contribution in [3.05, 3.63) is 64.1 Å². The minimum Gasteiger partial charge on any atom is -0.378 e. The van der Waals surface area contributed by atoms with Crippen LogP contribution in [0.15, 0.2) is 53.0 Å². The number of benzene rings is 2. The average molecular weight is 486 g/mol. The number of ether oxygens (including phenoxy) is 1. The van der Waals surface area contributed by atoms with Gasteiger partial charge in [0.2, 0.25) is 5.91 Å². The number of piperidine rings is 1. The van der Waals surface area contributed by atoms with Crippen molar-refractivity contribution in [1.29, 1.82) is 0 Å². The molecule has 2 amide bonds. The summed E-state index contributed by atoms with van der Waals surface area (Å²) in [5.41, 5.74) is 2.42. The quantitative estimate of drug-likeness (QED) is 0.699. The normalized spacial score (nSPS) is 18.0. The Balaban J connectivity index is 1.33. The van der Waals surface area contributed by atoms with Gasteiger partial charge in [-0.15, -0.1) is 0 Å². The standard InChI is InChI=1S/C24H28BrN3O3/c25-20-7-5-18(6-8-20)17-27-11-9-19(10-12-27)23(29)26-22-4-2-1-3-21(22)24(30)28-13-15-31-16-14-28/h1-8,19H,9-17H2,(H,26,29). The molecule has 2 aromatic carbocycles. The van der Waals surface area contributed by atoms with Crippen LogP contribution in [0.3, 0.4) is 0 Å². The predicted octanol–water partition coefficient (Wildman–Crippen LogP) is 3.77. The fourth-order valence-electron chi connectivity index (χ4n) is 4.15. The number of carbonyl (C=O) groups is 2. The molecule has 31 heavy (non-hydrogen) atoms. The van der Waals surface area contributed by atoms with Crippen LogP contribution in [0, 0.1) is 5.92 Å². The zero-order valence-electron chi connectivity index (χ0n) is 17.6. The van der Waals surface area contributed by atoms with Gasteiger partial charge in [0.15, 0.2) is 0 Å². The lowest BCUT2D eigenvalue weighted by Crippen LogP contribution is -2.41. The molecular formula is C24H28BrN3O3. The number of rotatable bonds is 5. The van der Waals surface area contributed by atoms with E-state index in [9.17, 15) is 9.59 Å². The zero-order chi connectivity index (χ0) is 21.6. The molecule has 0 aromatic heterocycles. The van der Waals surface area contributed by atoms with Crippen molar-refractivity contribution in [1.82, 2.24) is 9.80 Å². The number of nitrogens with one attached hydrogen (secondary N) is 1. The van der Waals surface area contributed by atoms with Crippen molar-refractivity contribution in [2.24, 2.45) is 5.92 Å². The van der Waals surface area contributed by atoms with E-state index < -0.39 is 0 Å². The van der Waals surface area contributed by atoms with Crippen molar-refractivity contribution < 1.29 is 14.3 Å². The van der Waals surface area contributed by atoms with Crippen LogP contribution in [0.1, 0.15) is 28.8 Å². The van der Waals surface area contributed by atoms with Gasteiger partial charge in [0, 0.05) is 30.0 Å². The highest BCUT2D eigenvalue weighted by atomic mass is 79.9. The Kier molecular flexibility index (Phi) is 7.37. The molecule has 2 aromatic rings. The van der Waals surface area contributed by atoms with Crippen LogP contribution < -0.4 is 5.32 Å². The van der Waals surface area contributed by atoms with Crippen molar-refractivity contribution in [3.8, 4) is 0 Å². The topological polar surface area (TPSA) is 61.9 Å². The largest absolute Gasteiger partial charge is 0.378 e. The van der Waals surface area contributed by atoms with E-state index in [-0.39, 0.29) is 17.7 Å². The second kappa shape index (κ2) is 10.4. The number of hydrogen-bond acceptors (Lipinski definition) is 4. The number of carbonyl (C=O) groups excluding carboxylic acids is 2. The Labute approximate surface area is 191 Å². The van der Waals surface area contributed by atoms with E-state index in [1.165, 1.54) is 5.56 Å². The summed E-state index contributed by atoms with van der Waals surface area (Å²) >= 11 is 3.47. The summed E-state index contributed by atoms with van der Waals surface area (Å²) in [6.45, 7) is 4.96. The Morgan fingerprint density at radius 2 is 1.65 bits per heavy atom. The number of halogens is 1. The second-order valence-corrected chi connectivity index (χ2v) is 9.03. The number of likely N-dealkylation sites (tertiary alicyclic amines) is 1. The van der Waals surface area contributed by atoms with E-state index in [0.717, 1.165) is 36.9 Å². The van der Waals surface area contributed by atoms with Crippen molar-refractivity contribution in [2.45, 2.75) is 19.4 Å². The molecule has 2 saturated heterocycles. The number of hydrogen-bond donors (Lipinski definition) is 1. The highest BCUT2D eigenvalue weighted by molar-refractivity contribution is 9.10. The van der Waals surface area contributed by atoms with Gasteiger partial charge in [0.1, 0.15) is 0 Å². The Morgan fingerprint density at radius 3 is 2.35 bits per heavy atom. The Hall–Kier alpha value is -2.22. The van der Waals surface area contributed by atoms with Crippen molar-refractivity contribution in [3.63, 3.8) is 0 Å². The van der Waals surface area contributed by atoms with E-state index in [4.69, 9.17) is 4.74 Å². The molecule has 0 saturated carbocycles. The van der Waals surface area contributed by atoms with E-state index in [1.807, 2.05) is 18.2 Å². The molecule has 164 valence electrons. The monoisotopic (exact) mass is 485 g/mol. The first kappa shape index (κ1) is 22.0. The maximum absolute atomic E-state index is 12.9. The maximum Gasteiger partial charge on any atom is 0.256 e. The molecule has 0 atom stereocenters. The van der Waals surface area contributed by atoms with Crippen molar-refractivity contribution >= 4 is 33.4 Å². The van der Waals surface area contributed by atoms with E-state index in [0.29, 0.717) is 37.6 Å². The van der Waals surface area contributed by atoms with Crippen LogP contribution in [0.25, 0.3) is 0 Å². The van der Waals surface area contributed by atoms with Crippen LogP contribution in [-0.4, -0.2) is 61.0 Å². The summed E-state index contributed by atoms with van der Waals surface area (Å²) in [6, 6.07) is 15.7. The van der Waals surface area contributed by atoms with Gasteiger partial charge in [-0.1, -0.05) is 40.2 Å². The molecule has 0 unspecified atom stereocenters. The summed E-state index contributed by atoms with van der Waals surface area (Å²) < 4.78 is 6.42. The molecule has 6 nitrogen and oxygen atoms in total. The smallest absolute Gasteiger partial charge is 0.256 e. The number of nitrogens with zero attached hydrogens (tertiary/aromatic N) is 2. The highest BCUT2D eigenvalue weighted by Gasteiger charge is 2.27.